The Labute approximate surface area is 152 Å². The first-order valence-corrected chi connectivity index (χ1v) is 8.87. The minimum absolute atomic E-state index is 0.219. The number of anilines is 1. The summed E-state index contributed by atoms with van der Waals surface area (Å²) in [4.78, 5) is 41.9. The van der Waals surface area contributed by atoms with Crippen molar-refractivity contribution in [1.82, 2.24) is 25.3 Å². The summed E-state index contributed by atoms with van der Waals surface area (Å²) >= 11 is 0. The maximum absolute atomic E-state index is 12.4. The number of carbonyl (C=O) groups is 1. The van der Waals surface area contributed by atoms with Crippen molar-refractivity contribution in [3.05, 3.63) is 45.9 Å². The van der Waals surface area contributed by atoms with Crippen LogP contribution in [-0.2, 0) is 0 Å². The molecule has 0 saturated carbocycles. The molecule has 26 heavy (non-hydrogen) atoms. The summed E-state index contributed by atoms with van der Waals surface area (Å²) in [6.45, 7) is 7.53. The summed E-state index contributed by atoms with van der Waals surface area (Å²) in [5.74, 6) is 0.974. The number of H-pyrrole nitrogens is 1. The second kappa shape index (κ2) is 7.63. The van der Waals surface area contributed by atoms with Crippen LogP contribution < -0.4 is 15.8 Å². The standard InChI is InChI=1S/C18H24N6O2/c1-11-4-6-24(7-5-11)18-22-15(8-16(25)23-18)13(3)21-17(26)14-9-19-10-20-12(14)2/h8-11,13H,4-7H2,1-3H3,(H,21,26)(H,22,23,25). The summed E-state index contributed by atoms with van der Waals surface area (Å²) in [6, 6.07) is 1.02. The van der Waals surface area contributed by atoms with Crippen LogP contribution in [-0.4, -0.2) is 38.9 Å². The Bertz CT molecular complexity index is 842. The number of hydrogen-bond donors (Lipinski definition) is 2. The van der Waals surface area contributed by atoms with E-state index in [1.807, 2.05) is 0 Å². The van der Waals surface area contributed by atoms with Gasteiger partial charge in [-0.05, 0) is 32.6 Å². The molecule has 1 aliphatic rings. The molecule has 8 heteroatoms. The predicted octanol–water partition coefficient (Wildman–Crippen LogP) is 1.60. The number of rotatable bonds is 4. The van der Waals surface area contributed by atoms with Crippen molar-refractivity contribution in [2.45, 2.75) is 39.7 Å². The molecule has 0 radical (unpaired) electrons. The monoisotopic (exact) mass is 356 g/mol. The summed E-state index contributed by atoms with van der Waals surface area (Å²) in [5.41, 5.74) is 1.33. The number of nitrogens with one attached hydrogen (secondary N) is 2. The predicted molar refractivity (Wildman–Crippen MR) is 98.1 cm³/mol. The third-order valence-corrected chi connectivity index (χ3v) is 4.78. The molecule has 0 aromatic carbocycles. The number of nitrogens with zero attached hydrogens (tertiary/aromatic N) is 4. The highest BCUT2D eigenvalue weighted by molar-refractivity contribution is 5.95. The molecular weight excluding hydrogens is 332 g/mol. The fraction of sp³-hybridized carbons (Fsp3) is 0.500. The van der Waals surface area contributed by atoms with Gasteiger partial charge in [-0.25, -0.2) is 15.0 Å². The Morgan fingerprint density at radius 3 is 2.81 bits per heavy atom. The van der Waals surface area contributed by atoms with Gasteiger partial charge in [-0.3, -0.25) is 14.6 Å². The molecule has 1 amide bonds. The Morgan fingerprint density at radius 2 is 2.12 bits per heavy atom. The Morgan fingerprint density at radius 1 is 1.38 bits per heavy atom. The van der Waals surface area contributed by atoms with E-state index in [1.165, 1.54) is 18.6 Å². The van der Waals surface area contributed by atoms with Crippen LogP contribution in [0.5, 0.6) is 0 Å². The Hall–Kier alpha value is -2.77. The minimum atomic E-state index is -0.410. The summed E-state index contributed by atoms with van der Waals surface area (Å²) in [7, 11) is 0. The third-order valence-electron chi connectivity index (χ3n) is 4.78. The molecule has 1 unspecified atom stereocenters. The second-order valence-electron chi connectivity index (χ2n) is 6.88. The number of aryl methyl sites for hydroxylation is 1. The smallest absolute Gasteiger partial charge is 0.255 e. The third kappa shape index (κ3) is 4.07. The van der Waals surface area contributed by atoms with Crippen LogP contribution >= 0.6 is 0 Å². The largest absolute Gasteiger partial charge is 0.344 e. The highest BCUT2D eigenvalue weighted by Crippen LogP contribution is 2.20. The number of piperidine rings is 1. The van der Waals surface area contributed by atoms with Crippen molar-refractivity contribution in [2.75, 3.05) is 18.0 Å². The topological polar surface area (TPSA) is 104 Å². The van der Waals surface area contributed by atoms with E-state index in [-0.39, 0.29) is 11.5 Å². The van der Waals surface area contributed by atoms with Gasteiger partial charge in [0.1, 0.15) is 6.33 Å². The Kier molecular flexibility index (Phi) is 5.29. The molecule has 1 atom stereocenters. The number of hydrogen-bond acceptors (Lipinski definition) is 6. The second-order valence-corrected chi connectivity index (χ2v) is 6.88. The lowest BCUT2D eigenvalue weighted by Crippen LogP contribution is -2.36. The van der Waals surface area contributed by atoms with Crippen molar-refractivity contribution >= 4 is 11.9 Å². The Balaban J connectivity index is 1.77. The molecule has 1 saturated heterocycles. The van der Waals surface area contributed by atoms with Gasteiger partial charge in [0, 0.05) is 25.4 Å². The first-order valence-electron chi connectivity index (χ1n) is 8.87. The van der Waals surface area contributed by atoms with Gasteiger partial charge in [-0.2, -0.15) is 0 Å². The number of carbonyl (C=O) groups excluding carboxylic acids is 1. The van der Waals surface area contributed by atoms with E-state index in [0.29, 0.717) is 28.8 Å². The number of aromatic nitrogens is 4. The van der Waals surface area contributed by atoms with Gasteiger partial charge in [0.2, 0.25) is 5.95 Å². The van der Waals surface area contributed by atoms with Gasteiger partial charge in [-0.1, -0.05) is 6.92 Å². The molecule has 8 nitrogen and oxygen atoms in total. The molecule has 1 aliphatic heterocycles. The van der Waals surface area contributed by atoms with Gasteiger partial charge in [0.15, 0.2) is 0 Å². The van der Waals surface area contributed by atoms with Crippen molar-refractivity contribution in [2.24, 2.45) is 5.92 Å². The van der Waals surface area contributed by atoms with Gasteiger partial charge in [-0.15, -0.1) is 0 Å². The van der Waals surface area contributed by atoms with Crippen LogP contribution in [0.2, 0.25) is 0 Å². The molecule has 0 spiro atoms. The summed E-state index contributed by atoms with van der Waals surface area (Å²) in [6.07, 6.45) is 5.04. The molecular formula is C18H24N6O2. The zero-order chi connectivity index (χ0) is 18.7. The van der Waals surface area contributed by atoms with Crippen molar-refractivity contribution in [1.29, 1.82) is 0 Å². The van der Waals surface area contributed by atoms with E-state index in [9.17, 15) is 9.59 Å². The zero-order valence-corrected chi connectivity index (χ0v) is 15.3. The number of aromatic amines is 1. The van der Waals surface area contributed by atoms with Crippen molar-refractivity contribution < 1.29 is 4.79 Å². The average Bonchev–Trinajstić information content (AvgIpc) is 2.62. The maximum atomic E-state index is 12.4. The molecule has 0 bridgehead atoms. The van der Waals surface area contributed by atoms with E-state index in [2.05, 4.69) is 37.1 Å². The highest BCUT2D eigenvalue weighted by atomic mass is 16.1. The van der Waals surface area contributed by atoms with E-state index in [1.54, 1.807) is 13.8 Å². The normalized spacial score (nSPS) is 16.3. The van der Waals surface area contributed by atoms with Crippen molar-refractivity contribution in [3.63, 3.8) is 0 Å². The molecule has 2 aromatic rings. The minimum Gasteiger partial charge on any atom is -0.344 e. The van der Waals surface area contributed by atoms with Crippen LogP contribution in [0, 0.1) is 12.8 Å². The van der Waals surface area contributed by atoms with Crippen LogP contribution in [0.25, 0.3) is 0 Å². The summed E-state index contributed by atoms with van der Waals surface area (Å²) in [5, 5.41) is 2.86. The molecule has 3 rings (SSSR count). The quantitative estimate of drug-likeness (QED) is 0.862. The fourth-order valence-corrected chi connectivity index (χ4v) is 3.02. The van der Waals surface area contributed by atoms with Crippen LogP contribution in [0.3, 0.4) is 0 Å². The highest BCUT2D eigenvalue weighted by Gasteiger charge is 2.20. The average molecular weight is 356 g/mol. The first kappa shape index (κ1) is 18.0. The molecule has 1 fully saturated rings. The van der Waals surface area contributed by atoms with Crippen LogP contribution in [0.4, 0.5) is 5.95 Å². The number of amides is 1. The van der Waals surface area contributed by atoms with Gasteiger partial charge in [0.25, 0.3) is 11.5 Å². The SMILES string of the molecule is Cc1ncncc1C(=O)NC(C)c1cc(=O)[nH]c(N2CCC(C)CC2)n1. The van der Waals surface area contributed by atoms with Gasteiger partial charge in [0.05, 0.1) is 23.0 Å². The van der Waals surface area contributed by atoms with Gasteiger partial charge < -0.3 is 10.2 Å². The molecule has 2 N–H and O–H groups in total. The lowest BCUT2D eigenvalue weighted by molar-refractivity contribution is 0.0937. The lowest BCUT2D eigenvalue weighted by Gasteiger charge is -2.31. The van der Waals surface area contributed by atoms with E-state index in [0.717, 1.165) is 25.9 Å². The molecule has 2 aromatic heterocycles. The van der Waals surface area contributed by atoms with E-state index in [4.69, 9.17) is 0 Å². The zero-order valence-electron chi connectivity index (χ0n) is 15.3. The molecule has 138 valence electrons. The van der Waals surface area contributed by atoms with Crippen LogP contribution in [0.1, 0.15) is 54.5 Å². The maximum Gasteiger partial charge on any atom is 0.255 e. The summed E-state index contributed by atoms with van der Waals surface area (Å²) < 4.78 is 0. The van der Waals surface area contributed by atoms with E-state index >= 15 is 0 Å². The molecule has 3 heterocycles. The first-order chi connectivity index (χ1) is 12.4. The van der Waals surface area contributed by atoms with Crippen molar-refractivity contribution in [3.8, 4) is 0 Å². The van der Waals surface area contributed by atoms with Crippen LogP contribution in [0.15, 0.2) is 23.4 Å². The van der Waals surface area contributed by atoms with Gasteiger partial charge >= 0.3 is 0 Å². The fourth-order valence-electron chi connectivity index (χ4n) is 3.02. The molecule has 0 aliphatic carbocycles. The lowest BCUT2D eigenvalue weighted by atomic mass is 10.00. The van der Waals surface area contributed by atoms with E-state index < -0.39 is 6.04 Å².